The van der Waals surface area contributed by atoms with Gasteiger partial charge in [0.2, 0.25) is 0 Å². The molecule has 1 heterocycles. The molecule has 3 rings (SSSR count). The van der Waals surface area contributed by atoms with Gasteiger partial charge in [-0.2, -0.15) is 0 Å². The van der Waals surface area contributed by atoms with Gasteiger partial charge in [-0.3, -0.25) is 4.79 Å². The van der Waals surface area contributed by atoms with Crippen LogP contribution in [0.3, 0.4) is 0 Å². The Hall–Kier alpha value is -1.92. The highest BCUT2D eigenvalue weighted by Crippen LogP contribution is 2.45. The number of rotatable bonds is 7. The van der Waals surface area contributed by atoms with Gasteiger partial charge >= 0.3 is 5.97 Å². The fraction of sp³-hybridized carbons (Fsp3) is 0.300. The lowest BCUT2D eigenvalue weighted by molar-refractivity contribution is 0.0474. The Labute approximate surface area is 161 Å². The van der Waals surface area contributed by atoms with Gasteiger partial charge in [-0.25, -0.2) is 4.79 Å². The van der Waals surface area contributed by atoms with Crippen molar-refractivity contribution in [3.8, 4) is 5.75 Å². The quantitative estimate of drug-likeness (QED) is 0.510. The summed E-state index contributed by atoms with van der Waals surface area (Å²) < 4.78 is 10.9. The third kappa shape index (κ3) is 4.83. The molecule has 2 aromatic rings. The number of carbonyl (C=O) groups excluding carboxylic acids is 2. The van der Waals surface area contributed by atoms with Gasteiger partial charge in [0.25, 0.3) is 0 Å². The Kier molecular flexibility index (Phi) is 6.63. The highest BCUT2D eigenvalue weighted by Gasteiger charge is 2.19. The first-order valence-electron chi connectivity index (χ1n) is 8.43. The van der Waals surface area contributed by atoms with E-state index >= 15 is 0 Å². The van der Waals surface area contributed by atoms with Crippen molar-refractivity contribution in [2.24, 2.45) is 0 Å². The third-order valence-electron chi connectivity index (χ3n) is 3.86. The summed E-state index contributed by atoms with van der Waals surface area (Å²) in [6, 6.07) is 14.3. The maximum absolute atomic E-state index is 12.2. The van der Waals surface area contributed by atoms with Crippen molar-refractivity contribution >= 4 is 35.3 Å². The average Bonchev–Trinajstić information content (AvgIpc) is 3.21. The number of benzene rings is 2. The van der Waals surface area contributed by atoms with Crippen LogP contribution in [0.2, 0.25) is 0 Å². The smallest absolute Gasteiger partial charge is 0.338 e. The van der Waals surface area contributed by atoms with Gasteiger partial charge in [0.1, 0.15) is 5.75 Å². The van der Waals surface area contributed by atoms with Crippen LogP contribution in [-0.4, -0.2) is 36.5 Å². The summed E-state index contributed by atoms with van der Waals surface area (Å²) in [5.41, 5.74) is 2.16. The van der Waals surface area contributed by atoms with Crippen LogP contribution in [0.1, 0.15) is 37.8 Å². The Morgan fingerprint density at radius 1 is 0.962 bits per heavy atom. The Balaban J connectivity index is 1.53. The van der Waals surface area contributed by atoms with Gasteiger partial charge in [0.05, 0.1) is 16.8 Å². The fourth-order valence-electron chi connectivity index (χ4n) is 2.53. The SMILES string of the molecule is CCOc1ccc(C(=O)COC(=O)c2ccc(C3SCCS3)cc2)cc1. The zero-order chi connectivity index (χ0) is 18.4. The predicted molar refractivity (Wildman–Crippen MR) is 106 cm³/mol. The van der Waals surface area contributed by atoms with Gasteiger partial charge in [-0.1, -0.05) is 12.1 Å². The second kappa shape index (κ2) is 9.14. The molecule has 26 heavy (non-hydrogen) atoms. The van der Waals surface area contributed by atoms with Crippen LogP contribution in [0, 0.1) is 0 Å². The molecule has 0 radical (unpaired) electrons. The lowest BCUT2D eigenvalue weighted by Gasteiger charge is -2.09. The minimum Gasteiger partial charge on any atom is -0.494 e. The largest absolute Gasteiger partial charge is 0.494 e. The molecule has 1 fully saturated rings. The number of hydrogen-bond acceptors (Lipinski definition) is 6. The number of Topliss-reactive ketones (excluding diaryl/α,β-unsaturated/α-hetero) is 1. The number of carbonyl (C=O) groups is 2. The Morgan fingerprint density at radius 3 is 2.19 bits per heavy atom. The first-order valence-corrected chi connectivity index (χ1v) is 10.5. The first-order chi connectivity index (χ1) is 12.7. The number of ether oxygens (including phenoxy) is 2. The summed E-state index contributed by atoms with van der Waals surface area (Å²) in [5.74, 6) is 2.30. The minimum atomic E-state index is -0.484. The van der Waals surface area contributed by atoms with Crippen molar-refractivity contribution in [1.29, 1.82) is 0 Å². The van der Waals surface area contributed by atoms with E-state index in [1.165, 1.54) is 5.56 Å². The molecule has 1 aliphatic heterocycles. The van der Waals surface area contributed by atoms with Gasteiger partial charge in [-0.05, 0) is 48.9 Å². The molecule has 1 saturated heterocycles. The standard InChI is InChI=1S/C20H20O4S2/c1-2-23-17-9-7-14(8-10-17)18(21)13-24-19(22)15-3-5-16(6-4-15)20-25-11-12-26-20/h3-10,20H,2,11-13H2,1H3. The third-order valence-corrected chi connectivity index (χ3v) is 6.97. The normalized spacial score (nSPS) is 14.2. The lowest BCUT2D eigenvalue weighted by Crippen LogP contribution is -2.14. The molecule has 0 amide bonds. The molecular weight excluding hydrogens is 368 g/mol. The molecular formula is C20H20O4S2. The van der Waals surface area contributed by atoms with Crippen molar-refractivity contribution in [2.45, 2.75) is 11.5 Å². The van der Waals surface area contributed by atoms with Crippen LogP contribution in [-0.2, 0) is 4.74 Å². The van der Waals surface area contributed by atoms with Gasteiger partial charge in [0, 0.05) is 17.1 Å². The molecule has 0 aliphatic carbocycles. The van der Waals surface area contributed by atoms with Crippen LogP contribution >= 0.6 is 23.5 Å². The van der Waals surface area contributed by atoms with Crippen molar-refractivity contribution in [1.82, 2.24) is 0 Å². The van der Waals surface area contributed by atoms with Crippen molar-refractivity contribution in [3.05, 3.63) is 65.2 Å². The number of esters is 1. The van der Waals surface area contributed by atoms with E-state index in [0.717, 1.165) is 11.5 Å². The zero-order valence-electron chi connectivity index (χ0n) is 14.5. The molecule has 2 aromatic carbocycles. The molecule has 0 spiro atoms. The van der Waals surface area contributed by atoms with E-state index in [9.17, 15) is 9.59 Å². The van der Waals surface area contributed by atoms with Crippen molar-refractivity contribution in [2.75, 3.05) is 24.7 Å². The number of hydrogen-bond donors (Lipinski definition) is 0. The maximum atomic E-state index is 12.2. The van der Waals surface area contributed by atoms with Crippen LogP contribution < -0.4 is 4.74 Å². The van der Waals surface area contributed by atoms with Crippen LogP contribution in [0.15, 0.2) is 48.5 Å². The summed E-state index contributed by atoms with van der Waals surface area (Å²) in [6.45, 7) is 2.20. The van der Waals surface area contributed by atoms with E-state index in [-0.39, 0.29) is 12.4 Å². The summed E-state index contributed by atoms with van der Waals surface area (Å²) in [4.78, 5) is 24.3. The highest BCUT2D eigenvalue weighted by atomic mass is 32.2. The average molecular weight is 389 g/mol. The molecule has 0 aromatic heterocycles. The minimum absolute atomic E-state index is 0.239. The second-order valence-corrected chi connectivity index (χ2v) is 8.38. The van der Waals surface area contributed by atoms with Gasteiger partial charge in [-0.15, -0.1) is 23.5 Å². The maximum Gasteiger partial charge on any atom is 0.338 e. The first kappa shape index (κ1) is 18.9. The van der Waals surface area contributed by atoms with Crippen molar-refractivity contribution < 1.29 is 19.1 Å². The van der Waals surface area contributed by atoms with E-state index in [1.54, 1.807) is 36.4 Å². The van der Waals surface area contributed by atoms with Crippen LogP contribution in [0.25, 0.3) is 0 Å². The number of ketones is 1. The second-order valence-electron chi connectivity index (χ2n) is 5.65. The molecule has 1 aliphatic rings. The van der Waals surface area contributed by atoms with Crippen LogP contribution in [0.4, 0.5) is 0 Å². The number of thioether (sulfide) groups is 2. The van der Waals surface area contributed by atoms with E-state index in [4.69, 9.17) is 9.47 Å². The Bertz CT molecular complexity index is 750. The monoisotopic (exact) mass is 388 g/mol. The Morgan fingerprint density at radius 2 is 1.58 bits per heavy atom. The van der Waals surface area contributed by atoms with Gasteiger partial charge in [0.15, 0.2) is 12.4 Å². The zero-order valence-corrected chi connectivity index (χ0v) is 16.1. The molecule has 0 atom stereocenters. The molecule has 6 heteroatoms. The molecule has 0 N–H and O–H groups in total. The summed E-state index contributed by atoms with van der Waals surface area (Å²) in [6.07, 6.45) is 0. The molecule has 0 saturated carbocycles. The van der Waals surface area contributed by atoms with E-state index in [0.29, 0.717) is 28.1 Å². The van der Waals surface area contributed by atoms with E-state index in [2.05, 4.69) is 0 Å². The topological polar surface area (TPSA) is 52.6 Å². The summed E-state index contributed by atoms with van der Waals surface area (Å²) in [5, 5.41) is 0. The molecule has 136 valence electrons. The molecule has 4 nitrogen and oxygen atoms in total. The van der Waals surface area contributed by atoms with Crippen molar-refractivity contribution in [3.63, 3.8) is 0 Å². The van der Waals surface area contributed by atoms with E-state index < -0.39 is 5.97 Å². The highest BCUT2D eigenvalue weighted by molar-refractivity contribution is 8.19. The molecule has 0 unspecified atom stereocenters. The lowest BCUT2D eigenvalue weighted by atomic mass is 10.1. The predicted octanol–water partition coefficient (Wildman–Crippen LogP) is 4.60. The van der Waals surface area contributed by atoms with Gasteiger partial charge < -0.3 is 9.47 Å². The fourth-order valence-corrected chi connectivity index (χ4v) is 5.39. The van der Waals surface area contributed by atoms with E-state index in [1.807, 2.05) is 42.6 Å². The molecule has 0 bridgehead atoms. The summed E-state index contributed by atoms with van der Waals surface area (Å²) in [7, 11) is 0. The summed E-state index contributed by atoms with van der Waals surface area (Å²) >= 11 is 3.84. The van der Waals surface area contributed by atoms with Crippen LogP contribution in [0.5, 0.6) is 5.75 Å².